The van der Waals surface area contributed by atoms with Crippen molar-refractivity contribution >= 4 is 11.8 Å². The van der Waals surface area contributed by atoms with Crippen molar-refractivity contribution in [3.8, 4) is 0 Å². The zero-order valence-electron chi connectivity index (χ0n) is 15.6. The first-order valence-corrected chi connectivity index (χ1v) is 8.54. The molecule has 2 amide bonds. The molecule has 1 aromatic carbocycles. The van der Waals surface area contributed by atoms with Crippen molar-refractivity contribution in [3.63, 3.8) is 0 Å². The van der Waals surface area contributed by atoms with Crippen LogP contribution in [0.25, 0.3) is 0 Å². The fourth-order valence-electron chi connectivity index (χ4n) is 2.52. The van der Waals surface area contributed by atoms with E-state index in [0.717, 1.165) is 0 Å². The van der Waals surface area contributed by atoms with E-state index in [4.69, 9.17) is 0 Å². The minimum atomic E-state index is -5.09. The van der Waals surface area contributed by atoms with Crippen LogP contribution in [0.5, 0.6) is 0 Å². The van der Waals surface area contributed by atoms with Crippen molar-refractivity contribution < 1.29 is 35.9 Å². The highest BCUT2D eigenvalue weighted by atomic mass is 19.4. The maximum absolute atomic E-state index is 13.0. The smallest absolute Gasteiger partial charge is 0.351 e. The molecular weight excluding hydrogens is 418 g/mol. The van der Waals surface area contributed by atoms with Gasteiger partial charge in [0.25, 0.3) is 11.8 Å². The first-order chi connectivity index (χ1) is 13.8. The summed E-state index contributed by atoms with van der Waals surface area (Å²) in [5, 5.41) is 4.74. The van der Waals surface area contributed by atoms with Gasteiger partial charge in [0.05, 0.1) is 22.9 Å². The molecule has 1 unspecified atom stereocenters. The topological polar surface area (TPSA) is 84.0 Å². The number of carbonyl (C=O) groups excluding carboxylic acids is 2. The SMILES string of the molecule is CCNC(=O)c1nccnc1C(C)NC(=O)c1cc(C(F)(F)F)cc(C(F)(F)F)c1. The molecule has 2 rings (SSSR count). The van der Waals surface area contributed by atoms with Crippen LogP contribution in [0.3, 0.4) is 0 Å². The lowest BCUT2D eigenvalue weighted by atomic mass is 10.0. The van der Waals surface area contributed by atoms with E-state index < -0.39 is 46.9 Å². The lowest BCUT2D eigenvalue weighted by molar-refractivity contribution is -0.143. The number of hydrogen-bond donors (Lipinski definition) is 2. The van der Waals surface area contributed by atoms with Gasteiger partial charge in [-0.1, -0.05) is 0 Å². The van der Waals surface area contributed by atoms with Crippen LogP contribution < -0.4 is 10.6 Å². The fourth-order valence-corrected chi connectivity index (χ4v) is 2.52. The molecule has 0 spiro atoms. The second kappa shape index (κ2) is 8.67. The predicted molar refractivity (Wildman–Crippen MR) is 92.4 cm³/mol. The summed E-state index contributed by atoms with van der Waals surface area (Å²) in [6.07, 6.45) is -7.71. The number of carbonyl (C=O) groups is 2. The molecule has 2 N–H and O–H groups in total. The number of hydrogen-bond acceptors (Lipinski definition) is 4. The summed E-state index contributed by atoms with van der Waals surface area (Å²) in [6, 6.07) is -0.472. The van der Waals surface area contributed by atoms with Crippen LogP contribution >= 0.6 is 0 Å². The molecule has 1 aromatic heterocycles. The van der Waals surface area contributed by atoms with Gasteiger partial charge in [-0.25, -0.2) is 4.98 Å². The van der Waals surface area contributed by atoms with Crippen LogP contribution in [0.4, 0.5) is 26.3 Å². The summed E-state index contributed by atoms with van der Waals surface area (Å²) in [6.45, 7) is 3.30. The number of halogens is 6. The number of nitrogens with zero attached hydrogens (tertiary/aromatic N) is 2. The Morgan fingerprint density at radius 2 is 1.47 bits per heavy atom. The zero-order chi connectivity index (χ0) is 22.7. The molecule has 0 radical (unpaired) electrons. The lowest BCUT2D eigenvalue weighted by Gasteiger charge is -2.17. The molecule has 0 aliphatic heterocycles. The van der Waals surface area contributed by atoms with Crippen LogP contribution in [-0.4, -0.2) is 28.3 Å². The predicted octanol–water partition coefficient (Wildman–Crippen LogP) is 3.75. The third kappa shape index (κ3) is 5.45. The average Bonchev–Trinajstić information content (AvgIpc) is 2.66. The van der Waals surface area contributed by atoms with Gasteiger partial charge in [-0.2, -0.15) is 26.3 Å². The molecule has 162 valence electrons. The molecule has 0 fully saturated rings. The van der Waals surface area contributed by atoms with E-state index in [1.54, 1.807) is 6.92 Å². The number of alkyl halides is 6. The van der Waals surface area contributed by atoms with Gasteiger partial charge < -0.3 is 10.6 Å². The van der Waals surface area contributed by atoms with Crippen molar-refractivity contribution in [2.75, 3.05) is 6.54 Å². The van der Waals surface area contributed by atoms with Gasteiger partial charge in [0.2, 0.25) is 0 Å². The highest BCUT2D eigenvalue weighted by Crippen LogP contribution is 2.36. The second-order valence-electron chi connectivity index (χ2n) is 6.14. The summed E-state index contributed by atoms with van der Waals surface area (Å²) in [4.78, 5) is 32.3. The summed E-state index contributed by atoms with van der Waals surface area (Å²) in [5.74, 6) is -1.80. The van der Waals surface area contributed by atoms with Crippen molar-refractivity contribution in [3.05, 3.63) is 58.7 Å². The first-order valence-electron chi connectivity index (χ1n) is 8.54. The number of nitrogens with one attached hydrogen (secondary N) is 2. The summed E-state index contributed by atoms with van der Waals surface area (Å²) < 4.78 is 77.9. The fraction of sp³-hybridized carbons (Fsp3) is 0.333. The van der Waals surface area contributed by atoms with E-state index in [0.29, 0.717) is 12.1 Å². The second-order valence-corrected chi connectivity index (χ2v) is 6.14. The summed E-state index contributed by atoms with van der Waals surface area (Å²) >= 11 is 0. The van der Waals surface area contributed by atoms with E-state index in [9.17, 15) is 35.9 Å². The molecule has 2 aromatic rings. The largest absolute Gasteiger partial charge is 0.416 e. The molecule has 12 heteroatoms. The first kappa shape index (κ1) is 23.1. The van der Waals surface area contributed by atoms with Gasteiger partial charge in [0.15, 0.2) is 5.69 Å². The Kier molecular flexibility index (Phi) is 6.68. The zero-order valence-corrected chi connectivity index (χ0v) is 15.6. The van der Waals surface area contributed by atoms with Gasteiger partial charge in [-0.3, -0.25) is 14.6 Å². The van der Waals surface area contributed by atoms with Crippen molar-refractivity contribution in [2.24, 2.45) is 0 Å². The van der Waals surface area contributed by atoms with Crippen LogP contribution in [0.15, 0.2) is 30.6 Å². The molecule has 0 aliphatic carbocycles. The van der Waals surface area contributed by atoms with Gasteiger partial charge in [0.1, 0.15) is 0 Å². The molecular formula is C18H16F6N4O2. The van der Waals surface area contributed by atoms with Gasteiger partial charge in [-0.15, -0.1) is 0 Å². The van der Waals surface area contributed by atoms with E-state index in [-0.39, 0.29) is 24.0 Å². The van der Waals surface area contributed by atoms with E-state index in [2.05, 4.69) is 20.6 Å². The van der Waals surface area contributed by atoms with Crippen molar-refractivity contribution in [1.29, 1.82) is 0 Å². The lowest BCUT2D eigenvalue weighted by Crippen LogP contribution is -2.32. The summed E-state index contributed by atoms with van der Waals surface area (Å²) in [5.41, 5.74) is -4.20. The highest BCUT2D eigenvalue weighted by molar-refractivity contribution is 5.96. The monoisotopic (exact) mass is 434 g/mol. The van der Waals surface area contributed by atoms with E-state index in [1.807, 2.05) is 0 Å². The molecule has 1 heterocycles. The van der Waals surface area contributed by atoms with Crippen LogP contribution in [0.1, 0.15) is 57.6 Å². The molecule has 0 saturated carbocycles. The van der Waals surface area contributed by atoms with Gasteiger partial charge >= 0.3 is 12.4 Å². The Balaban J connectivity index is 2.38. The number of rotatable bonds is 5. The Bertz CT molecular complexity index is 911. The van der Waals surface area contributed by atoms with Crippen LogP contribution in [-0.2, 0) is 12.4 Å². The number of benzene rings is 1. The standard InChI is InChI=1S/C18H16F6N4O2/c1-3-25-16(30)14-13(26-4-5-27-14)9(2)28-15(29)10-6-11(17(19,20)21)8-12(7-10)18(22,23)24/h4-9H,3H2,1-2H3,(H,25,30)(H,28,29). The molecule has 30 heavy (non-hydrogen) atoms. The molecule has 0 saturated heterocycles. The van der Waals surface area contributed by atoms with Crippen LogP contribution in [0, 0.1) is 0 Å². The molecule has 0 aliphatic rings. The third-order valence-corrected chi connectivity index (χ3v) is 3.89. The minimum absolute atomic E-state index is 0.000166. The minimum Gasteiger partial charge on any atom is -0.351 e. The Hall–Kier alpha value is -3.18. The highest BCUT2D eigenvalue weighted by Gasteiger charge is 2.37. The number of aromatic nitrogens is 2. The normalized spacial score (nSPS) is 12.9. The van der Waals surface area contributed by atoms with E-state index in [1.165, 1.54) is 19.3 Å². The molecule has 1 atom stereocenters. The van der Waals surface area contributed by atoms with Gasteiger partial charge in [-0.05, 0) is 32.0 Å². The van der Waals surface area contributed by atoms with Crippen molar-refractivity contribution in [1.82, 2.24) is 20.6 Å². The number of amides is 2. The maximum Gasteiger partial charge on any atom is 0.416 e. The quantitative estimate of drug-likeness (QED) is 0.702. The molecule has 6 nitrogen and oxygen atoms in total. The molecule has 0 bridgehead atoms. The van der Waals surface area contributed by atoms with Crippen LogP contribution in [0.2, 0.25) is 0 Å². The Morgan fingerprint density at radius 3 is 1.97 bits per heavy atom. The Morgan fingerprint density at radius 1 is 0.933 bits per heavy atom. The van der Waals surface area contributed by atoms with Gasteiger partial charge in [0, 0.05) is 24.5 Å². The van der Waals surface area contributed by atoms with Crippen molar-refractivity contribution in [2.45, 2.75) is 32.2 Å². The Labute approximate surface area is 166 Å². The van der Waals surface area contributed by atoms with E-state index >= 15 is 0 Å². The third-order valence-electron chi connectivity index (χ3n) is 3.89. The summed E-state index contributed by atoms with van der Waals surface area (Å²) in [7, 11) is 0. The maximum atomic E-state index is 13.0. The average molecular weight is 434 g/mol.